The van der Waals surface area contributed by atoms with Gasteiger partial charge in [-0.15, -0.1) is 0 Å². The van der Waals surface area contributed by atoms with E-state index in [4.69, 9.17) is 5.26 Å². The lowest BCUT2D eigenvalue weighted by atomic mass is 10.1. The minimum atomic E-state index is -0.644. The average molecular weight is 324 g/mol. The highest BCUT2D eigenvalue weighted by atomic mass is 79.9. The Kier molecular flexibility index (Phi) is 3.62. The van der Waals surface area contributed by atoms with E-state index >= 15 is 0 Å². The number of benzene rings is 1. The number of nitrogens with one attached hydrogen (secondary N) is 1. The Balaban J connectivity index is 2.54. The molecule has 0 radical (unpaired) electrons. The van der Waals surface area contributed by atoms with Gasteiger partial charge in [0.05, 0.1) is 22.7 Å². The molecule has 0 unspecified atom stereocenters. The second kappa shape index (κ2) is 5.20. The predicted molar refractivity (Wildman–Crippen MR) is 69.2 cm³/mol. The van der Waals surface area contributed by atoms with Crippen molar-refractivity contribution in [3.8, 4) is 6.07 Å². The van der Waals surface area contributed by atoms with E-state index in [-0.39, 0.29) is 22.1 Å². The second-order valence-electron chi connectivity index (χ2n) is 3.75. The van der Waals surface area contributed by atoms with Crippen LogP contribution >= 0.6 is 15.9 Å². The number of H-pyrrole nitrogens is 1. The van der Waals surface area contributed by atoms with Gasteiger partial charge in [-0.05, 0) is 34.1 Å². The minimum Gasteiger partial charge on any atom is -0.313 e. The van der Waals surface area contributed by atoms with Gasteiger partial charge in [0.25, 0.3) is 5.56 Å². The number of aromatic amines is 1. The molecule has 1 aromatic carbocycles. The minimum absolute atomic E-state index is 0.102. The first-order valence-electron chi connectivity index (χ1n) is 5.19. The van der Waals surface area contributed by atoms with Crippen LogP contribution in [0.15, 0.2) is 38.5 Å². The number of nitriles is 1. The zero-order chi connectivity index (χ0) is 14.0. The molecule has 1 N–H and O–H groups in total. The van der Waals surface area contributed by atoms with E-state index in [1.165, 1.54) is 18.3 Å². The molecule has 0 fully saturated rings. The molecule has 0 spiro atoms. The Labute approximate surface area is 115 Å². The molecule has 96 valence electrons. The summed E-state index contributed by atoms with van der Waals surface area (Å²) in [4.78, 5) is 25.7. The lowest BCUT2D eigenvalue weighted by molar-refractivity contribution is 0.588. The SMILES string of the molecule is N#Cc1ccc(F)c(Cn2c(=O)[nH]cc(Br)c2=O)c1. The van der Waals surface area contributed by atoms with E-state index < -0.39 is 17.1 Å². The quantitative estimate of drug-likeness (QED) is 0.906. The average Bonchev–Trinajstić information content (AvgIpc) is 2.41. The Hall–Kier alpha value is -2.20. The molecule has 1 aromatic heterocycles. The van der Waals surface area contributed by atoms with Gasteiger partial charge in [-0.3, -0.25) is 9.36 Å². The van der Waals surface area contributed by atoms with Crippen LogP contribution in [0, 0.1) is 17.1 Å². The molecule has 5 nitrogen and oxygen atoms in total. The fourth-order valence-electron chi connectivity index (χ4n) is 1.57. The monoisotopic (exact) mass is 323 g/mol. The summed E-state index contributed by atoms with van der Waals surface area (Å²) in [6.07, 6.45) is 1.23. The fraction of sp³-hybridized carbons (Fsp3) is 0.0833. The summed E-state index contributed by atoms with van der Waals surface area (Å²) in [7, 11) is 0. The van der Waals surface area contributed by atoms with Gasteiger partial charge < -0.3 is 4.98 Å². The van der Waals surface area contributed by atoms with Crippen molar-refractivity contribution in [3.05, 3.63) is 66.7 Å². The van der Waals surface area contributed by atoms with Crippen LogP contribution in [0.25, 0.3) is 0 Å². The molecular weight excluding hydrogens is 317 g/mol. The van der Waals surface area contributed by atoms with Crippen molar-refractivity contribution in [2.45, 2.75) is 6.54 Å². The van der Waals surface area contributed by atoms with Crippen LogP contribution in [0.4, 0.5) is 4.39 Å². The molecule has 7 heteroatoms. The summed E-state index contributed by atoms with van der Waals surface area (Å²) >= 11 is 2.99. The number of halogens is 2. The maximum atomic E-state index is 13.6. The topological polar surface area (TPSA) is 78.7 Å². The highest BCUT2D eigenvalue weighted by molar-refractivity contribution is 9.10. The molecule has 19 heavy (non-hydrogen) atoms. The molecule has 2 aromatic rings. The predicted octanol–water partition coefficient (Wildman–Crippen LogP) is 1.36. The van der Waals surface area contributed by atoms with Gasteiger partial charge in [0.2, 0.25) is 0 Å². The zero-order valence-corrected chi connectivity index (χ0v) is 11.1. The number of rotatable bonds is 2. The molecule has 0 atom stereocenters. The van der Waals surface area contributed by atoms with Gasteiger partial charge in [-0.1, -0.05) is 0 Å². The van der Waals surface area contributed by atoms with Crippen LogP contribution in [0.1, 0.15) is 11.1 Å². The first kappa shape index (κ1) is 13.2. The lowest BCUT2D eigenvalue weighted by Gasteiger charge is -2.06. The molecule has 0 amide bonds. The maximum absolute atomic E-state index is 13.6. The van der Waals surface area contributed by atoms with Crippen molar-refractivity contribution in [2.24, 2.45) is 0 Å². The van der Waals surface area contributed by atoms with Crippen molar-refractivity contribution < 1.29 is 4.39 Å². The molecule has 2 rings (SSSR count). The standard InChI is InChI=1S/C12H7BrFN3O2/c13-9-5-16-12(19)17(11(9)18)6-8-3-7(4-15)1-2-10(8)14/h1-3,5H,6H2,(H,16,19). The summed E-state index contributed by atoms with van der Waals surface area (Å²) in [5, 5.41) is 8.76. The van der Waals surface area contributed by atoms with Crippen LogP contribution in [0.2, 0.25) is 0 Å². The van der Waals surface area contributed by atoms with Gasteiger partial charge in [-0.2, -0.15) is 5.26 Å². The van der Waals surface area contributed by atoms with Gasteiger partial charge >= 0.3 is 5.69 Å². The lowest BCUT2D eigenvalue weighted by Crippen LogP contribution is -2.35. The summed E-state index contributed by atoms with van der Waals surface area (Å²) in [6.45, 7) is -0.241. The number of nitrogens with zero attached hydrogens (tertiary/aromatic N) is 2. The molecule has 1 heterocycles. The van der Waals surface area contributed by atoms with Gasteiger partial charge in [0, 0.05) is 11.8 Å². The summed E-state index contributed by atoms with van der Waals surface area (Å²) in [5.74, 6) is -0.578. The molecule has 0 aliphatic carbocycles. The summed E-state index contributed by atoms with van der Waals surface area (Å²) in [5.41, 5.74) is -0.846. The highest BCUT2D eigenvalue weighted by Gasteiger charge is 2.10. The van der Waals surface area contributed by atoms with Crippen molar-refractivity contribution in [1.29, 1.82) is 5.26 Å². The van der Waals surface area contributed by atoms with E-state index in [1.807, 2.05) is 6.07 Å². The third kappa shape index (κ3) is 2.63. The molecule has 0 bridgehead atoms. The van der Waals surface area contributed by atoms with E-state index in [2.05, 4.69) is 20.9 Å². The molecule has 0 aliphatic rings. The van der Waals surface area contributed by atoms with Gasteiger partial charge in [0.15, 0.2) is 0 Å². The van der Waals surface area contributed by atoms with Crippen LogP contribution in [0.3, 0.4) is 0 Å². The summed E-state index contributed by atoms with van der Waals surface area (Å²) in [6, 6.07) is 5.64. The van der Waals surface area contributed by atoms with Crippen molar-refractivity contribution in [3.63, 3.8) is 0 Å². The normalized spacial score (nSPS) is 10.2. The third-order valence-corrected chi connectivity index (χ3v) is 3.09. The number of hydrogen-bond acceptors (Lipinski definition) is 3. The van der Waals surface area contributed by atoms with E-state index in [9.17, 15) is 14.0 Å². The van der Waals surface area contributed by atoms with Crippen LogP contribution < -0.4 is 11.2 Å². The van der Waals surface area contributed by atoms with E-state index in [0.29, 0.717) is 0 Å². The zero-order valence-electron chi connectivity index (χ0n) is 9.48. The second-order valence-corrected chi connectivity index (χ2v) is 4.61. The van der Waals surface area contributed by atoms with Crippen molar-refractivity contribution in [2.75, 3.05) is 0 Å². The third-order valence-electron chi connectivity index (χ3n) is 2.52. The van der Waals surface area contributed by atoms with Gasteiger partial charge in [-0.25, -0.2) is 9.18 Å². The van der Waals surface area contributed by atoms with E-state index in [1.54, 1.807) is 0 Å². The molecule has 0 saturated carbocycles. The van der Waals surface area contributed by atoms with Crippen molar-refractivity contribution in [1.82, 2.24) is 9.55 Å². The van der Waals surface area contributed by atoms with Crippen molar-refractivity contribution >= 4 is 15.9 Å². The van der Waals surface area contributed by atoms with Crippen LogP contribution in [-0.4, -0.2) is 9.55 Å². The van der Waals surface area contributed by atoms with E-state index in [0.717, 1.165) is 10.6 Å². The smallest absolute Gasteiger partial charge is 0.313 e. The summed E-state index contributed by atoms with van der Waals surface area (Å²) < 4.78 is 14.6. The maximum Gasteiger partial charge on any atom is 0.328 e. The molecule has 0 aliphatic heterocycles. The Bertz CT molecular complexity index is 789. The van der Waals surface area contributed by atoms with Gasteiger partial charge in [0.1, 0.15) is 5.82 Å². The Morgan fingerprint density at radius 1 is 1.42 bits per heavy atom. The Morgan fingerprint density at radius 3 is 2.84 bits per heavy atom. The first-order chi connectivity index (χ1) is 9.02. The Morgan fingerprint density at radius 2 is 2.16 bits per heavy atom. The van der Waals surface area contributed by atoms with Crippen LogP contribution in [-0.2, 0) is 6.54 Å². The number of aromatic nitrogens is 2. The fourth-order valence-corrected chi connectivity index (χ4v) is 1.89. The number of hydrogen-bond donors (Lipinski definition) is 1. The van der Waals surface area contributed by atoms with Crippen LogP contribution in [0.5, 0.6) is 0 Å². The molecular formula is C12H7BrFN3O2. The largest absolute Gasteiger partial charge is 0.328 e. The molecule has 0 saturated heterocycles. The highest BCUT2D eigenvalue weighted by Crippen LogP contribution is 2.10. The first-order valence-corrected chi connectivity index (χ1v) is 5.99.